The molecule has 0 N–H and O–H groups in total. The number of nitrogens with zero attached hydrogens (tertiary/aromatic N) is 1. The molecule has 1 atom stereocenters. The number of ether oxygens (including phenoxy) is 1. The second kappa shape index (κ2) is 5.36. The van der Waals surface area contributed by atoms with Gasteiger partial charge in [0.25, 0.3) is 0 Å². The Labute approximate surface area is 115 Å². The molecule has 1 heterocycles. The van der Waals surface area contributed by atoms with E-state index in [1.807, 2.05) is 0 Å². The number of rotatable bonds is 3. The Morgan fingerprint density at radius 3 is 2.65 bits per heavy atom. The van der Waals surface area contributed by atoms with E-state index in [1.54, 1.807) is 13.0 Å². The Morgan fingerprint density at radius 1 is 1.30 bits per heavy atom. The number of aromatic nitrogens is 1. The van der Waals surface area contributed by atoms with Crippen LogP contribution in [-0.4, -0.2) is 22.8 Å². The highest BCUT2D eigenvalue weighted by atomic mass is 19.1. The summed E-state index contributed by atoms with van der Waals surface area (Å²) in [7, 11) is 0. The number of halogens is 1. The van der Waals surface area contributed by atoms with Gasteiger partial charge in [0.1, 0.15) is 5.82 Å². The molecular formula is C15H14FNO3. The maximum Gasteiger partial charge on any atom is 0.339 e. The fourth-order valence-corrected chi connectivity index (χ4v) is 1.81. The molecule has 2 rings (SSSR count). The van der Waals surface area contributed by atoms with Crippen molar-refractivity contribution < 1.29 is 18.7 Å². The van der Waals surface area contributed by atoms with E-state index in [0.717, 1.165) is 0 Å². The molecule has 0 amide bonds. The van der Waals surface area contributed by atoms with Crippen molar-refractivity contribution in [1.82, 2.24) is 4.98 Å². The molecule has 0 bridgehead atoms. The van der Waals surface area contributed by atoms with Crippen LogP contribution in [0.2, 0.25) is 0 Å². The number of fused-ring (bicyclic) bond motifs is 1. The van der Waals surface area contributed by atoms with E-state index in [1.165, 1.54) is 32.0 Å². The van der Waals surface area contributed by atoms with Crippen LogP contribution in [0.15, 0.2) is 24.3 Å². The van der Waals surface area contributed by atoms with Crippen LogP contribution in [0.3, 0.4) is 0 Å². The van der Waals surface area contributed by atoms with Gasteiger partial charge >= 0.3 is 5.97 Å². The van der Waals surface area contributed by atoms with Crippen LogP contribution in [0, 0.1) is 12.7 Å². The smallest absolute Gasteiger partial charge is 0.339 e. The van der Waals surface area contributed by atoms with Crippen molar-refractivity contribution in [2.24, 2.45) is 0 Å². The number of carbonyl (C=O) groups excluding carboxylic acids is 2. The van der Waals surface area contributed by atoms with Gasteiger partial charge in [-0.2, -0.15) is 0 Å². The lowest BCUT2D eigenvalue weighted by Crippen LogP contribution is -2.22. The van der Waals surface area contributed by atoms with Crippen molar-refractivity contribution in [3.8, 4) is 0 Å². The van der Waals surface area contributed by atoms with Crippen LogP contribution in [0.1, 0.15) is 29.9 Å². The van der Waals surface area contributed by atoms with Gasteiger partial charge in [-0.3, -0.25) is 9.78 Å². The molecule has 0 saturated carbocycles. The number of ketones is 1. The fourth-order valence-electron chi connectivity index (χ4n) is 1.81. The normalized spacial score (nSPS) is 12.2. The predicted octanol–water partition coefficient (Wildman–Crippen LogP) is 2.82. The van der Waals surface area contributed by atoms with E-state index in [-0.39, 0.29) is 11.3 Å². The molecule has 104 valence electrons. The Balaban J connectivity index is 2.48. The highest BCUT2D eigenvalue weighted by Gasteiger charge is 2.18. The van der Waals surface area contributed by atoms with Gasteiger partial charge in [0.15, 0.2) is 11.9 Å². The number of hydrogen-bond donors (Lipinski definition) is 0. The maximum atomic E-state index is 13.2. The number of Topliss-reactive ketones (excluding diaryl/α,β-unsaturated/α-hetero) is 1. The SMILES string of the molecule is CC(=O)[C@@H](C)OC(=O)c1cc(C)nc2cc(F)ccc12. The average Bonchev–Trinajstić information content (AvgIpc) is 2.36. The first-order chi connectivity index (χ1) is 9.38. The highest BCUT2D eigenvalue weighted by Crippen LogP contribution is 2.20. The lowest BCUT2D eigenvalue weighted by molar-refractivity contribution is -0.124. The van der Waals surface area contributed by atoms with Crippen LogP contribution >= 0.6 is 0 Å². The van der Waals surface area contributed by atoms with E-state index in [0.29, 0.717) is 16.6 Å². The number of aryl methyl sites for hydroxylation is 1. The van der Waals surface area contributed by atoms with Crippen molar-refractivity contribution in [2.45, 2.75) is 26.9 Å². The zero-order valence-electron chi connectivity index (χ0n) is 11.4. The number of benzene rings is 1. The first kappa shape index (κ1) is 14.1. The number of carbonyl (C=O) groups is 2. The Bertz CT molecular complexity index is 692. The summed E-state index contributed by atoms with van der Waals surface area (Å²) in [4.78, 5) is 27.4. The van der Waals surface area contributed by atoms with Crippen molar-refractivity contribution >= 4 is 22.7 Å². The third-order valence-electron chi connectivity index (χ3n) is 2.98. The minimum atomic E-state index is -0.813. The van der Waals surface area contributed by atoms with Gasteiger partial charge < -0.3 is 4.74 Å². The van der Waals surface area contributed by atoms with Gasteiger partial charge in [-0.25, -0.2) is 9.18 Å². The summed E-state index contributed by atoms with van der Waals surface area (Å²) < 4.78 is 18.3. The van der Waals surface area contributed by atoms with Crippen LogP contribution in [0.5, 0.6) is 0 Å². The zero-order chi connectivity index (χ0) is 14.9. The van der Waals surface area contributed by atoms with Crippen LogP contribution < -0.4 is 0 Å². The molecule has 5 heteroatoms. The monoisotopic (exact) mass is 275 g/mol. The maximum absolute atomic E-state index is 13.2. The average molecular weight is 275 g/mol. The Morgan fingerprint density at radius 2 is 2.00 bits per heavy atom. The molecular weight excluding hydrogens is 261 g/mol. The van der Waals surface area contributed by atoms with E-state index < -0.39 is 17.9 Å². The molecule has 0 aliphatic rings. The summed E-state index contributed by atoms with van der Waals surface area (Å²) in [5, 5.41) is 0.498. The van der Waals surface area contributed by atoms with Gasteiger partial charge in [-0.05, 0) is 39.0 Å². The summed E-state index contributed by atoms with van der Waals surface area (Å²) in [5.74, 6) is -1.28. The molecule has 4 nitrogen and oxygen atoms in total. The molecule has 1 aromatic heterocycles. The fraction of sp³-hybridized carbons (Fsp3) is 0.267. The zero-order valence-corrected chi connectivity index (χ0v) is 11.4. The first-order valence-corrected chi connectivity index (χ1v) is 6.17. The molecule has 0 aliphatic heterocycles. The molecule has 0 unspecified atom stereocenters. The predicted molar refractivity (Wildman–Crippen MR) is 72.0 cm³/mol. The van der Waals surface area contributed by atoms with Crippen LogP contribution in [0.25, 0.3) is 10.9 Å². The number of hydrogen-bond acceptors (Lipinski definition) is 4. The van der Waals surface area contributed by atoms with Crippen molar-refractivity contribution in [2.75, 3.05) is 0 Å². The van der Waals surface area contributed by atoms with E-state index in [4.69, 9.17) is 4.74 Å². The second-order valence-corrected chi connectivity index (χ2v) is 4.63. The van der Waals surface area contributed by atoms with E-state index >= 15 is 0 Å². The Kier molecular flexibility index (Phi) is 3.79. The van der Waals surface area contributed by atoms with Crippen molar-refractivity contribution in [3.05, 3.63) is 41.3 Å². The van der Waals surface area contributed by atoms with Gasteiger partial charge in [0.2, 0.25) is 0 Å². The quantitative estimate of drug-likeness (QED) is 0.808. The lowest BCUT2D eigenvalue weighted by atomic mass is 10.1. The summed E-state index contributed by atoms with van der Waals surface area (Å²) in [6.07, 6.45) is -0.813. The highest BCUT2D eigenvalue weighted by molar-refractivity contribution is 6.04. The first-order valence-electron chi connectivity index (χ1n) is 6.17. The summed E-state index contributed by atoms with van der Waals surface area (Å²) in [5.41, 5.74) is 1.23. The van der Waals surface area contributed by atoms with Crippen molar-refractivity contribution in [1.29, 1.82) is 0 Å². The molecule has 1 aromatic carbocycles. The largest absolute Gasteiger partial charge is 0.451 e. The molecule has 0 saturated heterocycles. The lowest BCUT2D eigenvalue weighted by Gasteiger charge is -2.12. The third kappa shape index (κ3) is 2.82. The van der Waals surface area contributed by atoms with Crippen LogP contribution in [-0.2, 0) is 9.53 Å². The van der Waals surface area contributed by atoms with E-state index in [9.17, 15) is 14.0 Å². The van der Waals surface area contributed by atoms with Gasteiger partial charge in [0, 0.05) is 17.1 Å². The minimum Gasteiger partial charge on any atom is -0.451 e. The summed E-state index contributed by atoms with van der Waals surface area (Å²) >= 11 is 0. The van der Waals surface area contributed by atoms with Crippen molar-refractivity contribution in [3.63, 3.8) is 0 Å². The second-order valence-electron chi connectivity index (χ2n) is 4.63. The van der Waals surface area contributed by atoms with Crippen LogP contribution in [0.4, 0.5) is 4.39 Å². The molecule has 0 spiro atoms. The topological polar surface area (TPSA) is 56.3 Å². The number of esters is 1. The molecule has 0 radical (unpaired) electrons. The Hall–Kier alpha value is -2.30. The van der Waals surface area contributed by atoms with Gasteiger partial charge in [-0.1, -0.05) is 0 Å². The molecule has 0 aliphatic carbocycles. The standard InChI is InChI=1S/C15H14FNO3/c1-8-6-13(15(19)20-10(3)9(2)18)12-5-4-11(16)7-14(12)17-8/h4-7,10H,1-3H3/t10-/m1/s1. The number of pyridine rings is 1. The third-order valence-corrected chi connectivity index (χ3v) is 2.98. The molecule has 0 fully saturated rings. The molecule has 20 heavy (non-hydrogen) atoms. The molecule has 2 aromatic rings. The summed E-state index contributed by atoms with van der Waals surface area (Å²) in [6.45, 7) is 4.56. The van der Waals surface area contributed by atoms with Gasteiger partial charge in [0.05, 0.1) is 11.1 Å². The summed E-state index contributed by atoms with van der Waals surface area (Å²) in [6, 6.07) is 5.56. The van der Waals surface area contributed by atoms with E-state index in [2.05, 4.69) is 4.98 Å². The minimum absolute atomic E-state index is 0.237. The van der Waals surface area contributed by atoms with Gasteiger partial charge in [-0.15, -0.1) is 0 Å².